The summed E-state index contributed by atoms with van der Waals surface area (Å²) in [5, 5.41) is 7.46. The Bertz CT molecular complexity index is 575. The van der Waals surface area contributed by atoms with Crippen molar-refractivity contribution in [2.24, 2.45) is 5.92 Å². The van der Waals surface area contributed by atoms with Gasteiger partial charge < -0.3 is 9.84 Å². The first-order valence-corrected chi connectivity index (χ1v) is 6.36. The van der Waals surface area contributed by atoms with Gasteiger partial charge in [0.1, 0.15) is 0 Å². The normalized spacial score (nSPS) is 15.1. The smallest absolute Gasteiger partial charge is 0.274 e. The van der Waals surface area contributed by atoms with Gasteiger partial charge in [-0.2, -0.15) is 0 Å². The van der Waals surface area contributed by atoms with Crippen LogP contribution in [0.3, 0.4) is 0 Å². The Morgan fingerprint density at radius 1 is 1.53 bits per heavy atom. The number of amides is 1. The molecule has 1 amide bonds. The Balaban J connectivity index is 1.85. The van der Waals surface area contributed by atoms with Crippen LogP contribution in [0.15, 0.2) is 27.2 Å². The molecule has 1 aromatic heterocycles. The maximum Gasteiger partial charge on any atom is 0.274 e. The Kier molecular flexibility index (Phi) is 2.63. The van der Waals surface area contributed by atoms with E-state index in [9.17, 15) is 4.79 Å². The minimum Gasteiger partial charge on any atom is -0.355 e. The largest absolute Gasteiger partial charge is 0.355 e. The molecular formula is C12H11BrN2O2. The highest BCUT2D eigenvalue weighted by atomic mass is 79.9. The molecule has 17 heavy (non-hydrogen) atoms. The molecule has 1 saturated carbocycles. The minimum absolute atomic E-state index is 0.155. The van der Waals surface area contributed by atoms with E-state index in [2.05, 4.69) is 26.4 Å². The van der Waals surface area contributed by atoms with Gasteiger partial charge >= 0.3 is 0 Å². The van der Waals surface area contributed by atoms with Gasteiger partial charge in [-0.1, -0.05) is 21.1 Å². The monoisotopic (exact) mass is 294 g/mol. The quantitative estimate of drug-likeness (QED) is 0.947. The molecule has 1 N–H and O–H groups in total. The van der Waals surface area contributed by atoms with Crippen LogP contribution in [-0.2, 0) is 0 Å². The number of hydrogen-bond acceptors (Lipinski definition) is 3. The van der Waals surface area contributed by atoms with E-state index in [1.165, 1.54) is 12.8 Å². The lowest BCUT2D eigenvalue weighted by atomic mass is 10.2. The maximum absolute atomic E-state index is 11.9. The highest BCUT2D eigenvalue weighted by Gasteiger charge is 2.23. The fourth-order valence-corrected chi connectivity index (χ4v) is 2.06. The van der Waals surface area contributed by atoms with E-state index in [0.717, 1.165) is 16.4 Å². The lowest BCUT2D eigenvalue weighted by Gasteiger charge is -2.00. The van der Waals surface area contributed by atoms with Crippen LogP contribution < -0.4 is 5.32 Å². The van der Waals surface area contributed by atoms with Crippen LogP contribution in [-0.4, -0.2) is 17.6 Å². The SMILES string of the molecule is O=C(NCC1CC1)c1noc2cc(Br)ccc12. The van der Waals surface area contributed by atoms with Gasteiger partial charge in [-0.15, -0.1) is 0 Å². The Hall–Kier alpha value is -1.36. The number of nitrogens with one attached hydrogen (secondary N) is 1. The van der Waals surface area contributed by atoms with Crippen LogP contribution in [0.4, 0.5) is 0 Å². The van der Waals surface area contributed by atoms with Crippen molar-refractivity contribution < 1.29 is 9.32 Å². The molecule has 4 nitrogen and oxygen atoms in total. The summed E-state index contributed by atoms with van der Waals surface area (Å²) in [4.78, 5) is 11.9. The van der Waals surface area contributed by atoms with Crippen LogP contribution in [0.1, 0.15) is 23.3 Å². The Morgan fingerprint density at radius 3 is 3.12 bits per heavy atom. The van der Waals surface area contributed by atoms with Crippen LogP contribution in [0.5, 0.6) is 0 Å². The third-order valence-corrected chi connectivity index (χ3v) is 3.39. The number of hydrogen-bond donors (Lipinski definition) is 1. The summed E-state index contributed by atoms with van der Waals surface area (Å²) in [6.45, 7) is 0.740. The molecule has 2 aromatic rings. The molecule has 1 aromatic carbocycles. The second-order valence-corrected chi connectivity index (χ2v) is 5.24. The number of rotatable bonds is 3. The van der Waals surface area contributed by atoms with Crippen LogP contribution in [0, 0.1) is 5.92 Å². The molecule has 88 valence electrons. The lowest BCUT2D eigenvalue weighted by molar-refractivity contribution is 0.0944. The lowest BCUT2D eigenvalue weighted by Crippen LogP contribution is -2.25. The average Bonchev–Trinajstić information content (AvgIpc) is 3.05. The third kappa shape index (κ3) is 2.20. The van der Waals surface area contributed by atoms with E-state index in [4.69, 9.17) is 4.52 Å². The first-order valence-electron chi connectivity index (χ1n) is 5.57. The molecule has 0 radical (unpaired) electrons. The van der Waals surface area contributed by atoms with Crippen LogP contribution in [0.25, 0.3) is 11.0 Å². The molecule has 1 aliphatic rings. The van der Waals surface area contributed by atoms with E-state index < -0.39 is 0 Å². The summed E-state index contributed by atoms with van der Waals surface area (Å²) in [6.07, 6.45) is 2.43. The van der Waals surface area contributed by atoms with Crippen molar-refractivity contribution in [2.45, 2.75) is 12.8 Å². The predicted octanol–water partition coefficient (Wildman–Crippen LogP) is 2.73. The zero-order valence-corrected chi connectivity index (χ0v) is 10.7. The van der Waals surface area contributed by atoms with Gasteiger partial charge in [0.05, 0.1) is 5.39 Å². The van der Waals surface area contributed by atoms with Crippen molar-refractivity contribution in [1.82, 2.24) is 10.5 Å². The first-order chi connectivity index (χ1) is 8.24. The summed E-state index contributed by atoms with van der Waals surface area (Å²) in [7, 11) is 0. The molecule has 3 rings (SSSR count). The standard InChI is InChI=1S/C12H11BrN2O2/c13-8-3-4-9-10(5-8)17-15-11(9)12(16)14-6-7-1-2-7/h3-5,7H,1-2,6H2,(H,14,16). The fraction of sp³-hybridized carbons (Fsp3) is 0.333. The summed E-state index contributed by atoms with van der Waals surface area (Å²) in [5.74, 6) is 0.504. The number of fused-ring (bicyclic) bond motifs is 1. The number of nitrogens with zero attached hydrogens (tertiary/aromatic N) is 1. The van der Waals surface area contributed by atoms with E-state index in [-0.39, 0.29) is 5.91 Å². The van der Waals surface area contributed by atoms with Crippen molar-refractivity contribution >= 4 is 32.8 Å². The Labute approximate surface area is 106 Å². The highest BCUT2D eigenvalue weighted by Crippen LogP contribution is 2.28. The molecule has 0 aliphatic heterocycles. The van der Waals surface area contributed by atoms with Crippen molar-refractivity contribution in [1.29, 1.82) is 0 Å². The summed E-state index contributed by atoms with van der Waals surface area (Å²) < 4.78 is 6.04. The van der Waals surface area contributed by atoms with Gasteiger partial charge in [-0.3, -0.25) is 4.79 Å². The zero-order valence-electron chi connectivity index (χ0n) is 9.07. The van der Waals surface area contributed by atoms with Crippen molar-refractivity contribution in [3.63, 3.8) is 0 Å². The maximum atomic E-state index is 11.9. The number of carbonyl (C=O) groups excluding carboxylic acids is 1. The summed E-state index contributed by atoms with van der Waals surface area (Å²) >= 11 is 3.35. The fourth-order valence-electron chi connectivity index (χ4n) is 1.72. The van der Waals surface area contributed by atoms with E-state index in [0.29, 0.717) is 17.2 Å². The molecule has 0 bridgehead atoms. The van der Waals surface area contributed by atoms with Crippen LogP contribution in [0.2, 0.25) is 0 Å². The molecule has 0 spiro atoms. The molecule has 1 aliphatic carbocycles. The number of carbonyl (C=O) groups is 1. The predicted molar refractivity (Wildman–Crippen MR) is 66.8 cm³/mol. The topological polar surface area (TPSA) is 55.1 Å². The zero-order chi connectivity index (χ0) is 11.8. The van der Waals surface area contributed by atoms with Gasteiger partial charge in [-0.05, 0) is 37.0 Å². The van der Waals surface area contributed by atoms with E-state index >= 15 is 0 Å². The second-order valence-electron chi connectivity index (χ2n) is 4.33. The van der Waals surface area contributed by atoms with Crippen molar-refractivity contribution in [2.75, 3.05) is 6.54 Å². The molecule has 0 unspecified atom stereocenters. The van der Waals surface area contributed by atoms with Gasteiger partial charge in [0.2, 0.25) is 0 Å². The van der Waals surface area contributed by atoms with E-state index in [1.807, 2.05) is 12.1 Å². The van der Waals surface area contributed by atoms with Gasteiger partial charge in [0, 0.05) is 11.0 Å². The molecule has 0 saturated heterocycles. The minimum atomic E-state index is -0.155. The van der Waals surface area contributed by atoms with Gasteiger partial charge in [-0.25, -0.2) is 0 Å². The van der Waals surface area contributed by atoms with Crippen LogP contribution >= 0.6 is 15.9 Å². The second kappa shape index (κ2) is 4.14. The molecule has 1 heterocycles. The van der Waals surface area contributed by atoms with Crippen molar-refractivity contribution in [3.05, 3.63) is 28.4 Å². The molecular weight excluding hydrogens is 284 g/mol. The average molecular weight is 295 g/mol. The number of aromatic nitrogens is 1. The molecule has 5 heteroatoms. The Morgan fingerprint density at radius 2 is 2.35 bits per heavy atom. The summed E-state index contributed by atoms with van der Waals surface area (Å²) in [6, 6.07) is 5.51. The van der Waals surface area contributed by atoms with Gasteiger partial charge in [0.25, 0.3) is 5.91 Å². The molecule has 1 fully saturated rings. The third-order valence-electron chi connectivity index (χ3n) is 2.90. The highest BCUT2D eigenvalue weighted by molar-refractivity contribution is 9.10. The first kappa shape index (κ1) is 10.8. The van der Waals surface area contributed by atoms with Crippen molar-refractivity contribution in [3.8, 4) is 0 Å². The van der Waals surface area contributed by atoms with Gasteiger partial charge in [0.15, 0.2) is 11.3 Å². The number of halogens is 1. The van der Waals surface area contributed by atoms with E-state index in [1.54, 1.807) is 6.07 Å². The molecule has 0 atom stereocenters. The number of benzene rings is 1. The summed E-state index contributed by atoms with van der Waals surface area (Å²) in [5.41, 5.74) is 0.990.